The summed E-state index contributed by atoms with van der Waals surface area (Å²) in [7, 11) is 0. The van der Waals surface area contributed by atoms with Crippen molar-refractivity contribution in [2.24, 2.45) is 5.73 Å². The first kappa shape index (κ1) is 15.0. The van der Waals surface area contributed by atoms with E-state index >= 15 is 0 Å². The van der Waals surface area contributed by atoms with Gasteiger partial charge in [-0.05, 0) is 18.2 Å². The number of cyclic esters (lactones) is 1. The van der Waals surface area contributed by atoms with Crippen molar-refractivity contribution >= 4 is 23.6 Å². The van der Waals surface area contributed by atoms with Crippen molar-refractivity contribution in [1.82, 2.24) is 5.32 Å². The molecule has 0 spiro atoms. The van der Waals surface area contributed by atoms with Gasteiger partial charge in [-0.1, -0.05) is 0 Å². The molecule has 0 aromatic heterocycles. The van der Waals surface area contributed by atoms with E-state index in [1.165, 1.54) is 11.0 Å². The number of fused-ring (bicyclic) bond motifs is 1. The van der Waals surface area contributed by atoms with Crippen LogP contribution in [0.4, 0.5) is 25.4 Å². The van der Waals surface area contributed by atoms with Gasteiger partial charge in [-0.3, -0.25) is 4.90 Å². The Bertz CT molecular complexity index is 684. The molecule has 24 heavy (non-hydrogen) atoms. The molecule has 3 aliphatic heterocycles. The molecule has 3 N–H and O–H groups in total. The number of benzene rings is 1. The topological polar surface area (TPSA) is 97.1 Å². The number of nitrogens with two attached hydrogens (primary N) is 1. The van der Waals surface area contributed by atoms with Gasteiger partial charge in [-0.15, -0.1) is 0 Å². The first-order valence-electron chi connectivity index (χ1n) is 7.75. The van der Waals surface area contributed by atoms with E-state index in [0.29, 0.717) is 31.0 Å². The highest BCUT2D eigenvalue weighted by Crippen LogP contribution is 2.31. The second kappa shape index (κ2) is 5.52. The van der Waals surface area contributed by atoms with Gasteiger partial charge in [0.2, 0.25) is 0 Å². The van der Waals surface area contributed by atoms with Crippen LogP contribution in [0.15, 0.2) is 18.2 Å². The first-order chi connectivity index (χ1) is 11.5. The Kier molecular flexibility index (Phi) is 3.45. The molecule has 0 saturated carbocycles. The standard InChI is InChI=1S/C15H17FN4O4/c16-10-3-8(20-5-9(4-17)23-15(20)22)1-2-12(10)19-6-11-13(7-19)24-14(21)18-11/h1-3,9,11,13H,4-7,17H2,(H,18,21). The molecule has 4 rings (SSSR count). The normalized spacial score (nSPS) is 28.7. The van der Waals surface area contributed by atoms with Gasteiger partial charge in [0.25, 0.3) is 0 Å². The molecule has 3 atom stereocenters. The molecule has 3 fully saturated rings. The zero-order valence-electron chi connectivity index (χ0n) is 12.8. The number of amides is 2. The zero-order chi connectivity index (χ0) is 16.8. The maximum absolute atomic E-state index is 14.5. The molecule has 3 heterocycles. The third-order valence-electron chi connectivity index (χ3n) is 4.55. The first-order valence-corrected chi connectivity index (χ1v) is 7.75. The van der Waals surface area contributed by atoms with Crippen LogP contribution in [0, 0.1) is 5.82 Å². The van der Waals surface area contributed by atoms with Gasteiger partial charge in [0.05, 0.1) is 30.5 Å². The molecule has 0 aliphatic carbocycles. The average molecular weight is 336 g/mol. The number of ether oxygens (including phenoxy) is 2. The molecule has 128 valence electrons. The maximum Gasteiger partial charge on any atom is 0.414 e. The highest BCUT2D eigenvalue weighted by Gasteiger charge is 2.42. The minimum absolute atomic E-state index is 0.129. The number of anilines is 2. The quantitative estimate of drug-likeness (QED) is 0.830. The van der Waals surface area contributed by atoms with E-state index in [2.05, 4.69) is 5.32 Å². The van der Waals surface area contributed by atoms with Crippen LogP contribution in [-0.4, -0.2) is 56.6 Å². The summed E-state index contributed by atoms with van der Waals surface area (Å²) < 4.78 is 24.7. The number of carbonyl (C=O) groups excluding carboxylic acids is 2. The van der Waals surface area contributed by atoms with Gasteiger partial charge in [0, 0.05) is 13.1 Å². The van der Waals surface area contributed by atoms with Gasteiger partial charge in [-0.2, -0.15) is 0 Å². The fourth-order valence-corrected chi connectivity index (χ4v) is 3.33. The van der Waals surface area contributed by atoms with Crippen LogP contribution in [0.2, 0.25) is 0 Å². The fraction of sp³-hybridized carbons (Fsp3) is 0.467. The Morgan fingerprint density at radius 3 is 2.75 bits per heavy atom. The lowest BCUT2D eigenvalue weighted by Crippen LogP contribution is -2.33. The van der Waals surface area contributed by atoms with Gasteiger partial charge in [0.1, 0.15) is 18.0 Å². The van der Waals surface area contributed by atoms with E-state index in [1.54, 1.807) is 12.1 Å². The lowest BCUT2D eigenvalue weighted by molar-refractivity contribution is 0.143. The van der Waals surface area contributed by atoms with Crippen LogP contribution in [0.5, 0.6) is 0 Å². The predicted molar refractivity (Wildman–Crippen MR) is 82.5 cm³/mol. The van der Waals surface area contributed by atoms with Crippen LogP contribution in [-0.2, 0) is 9.47 Å². The number of carbonyl (C=O) groups is 2. The van der Waals surface area contributed by atoms with E-state index in [4.69, 9.17) is 15.2 Å². The molecule has 1 aromatic rings. The van der Waals surface area contributed by atoms with Gasteiger partial charge >= 0.3 is 12.2 Å². The van der Waals surface area contributed by atoms with Crippen LogP contribution in [0.3, 0.4) is 0 Å². The van der Waals surface area contributed by atoms with Gasteiger partial charge in [-0.25, -0.2) is 14.0 Å². The van der Waals surface area contributed by atoms with Crippen LogP contribution >= 0.6 is 0 Å². The number of nitrogens with zero attached hydrogens (tertiary/aromatic N) is 2. The summed E-state index contributed by atoms with van der Waals surface area (Å²) in [5.74, 6) is -0.442. The van der Waals surface area contributed by atoms with Crippen LogP contribution in [0.25, 0.3) is 0 Å². The number of nitrogens with one attached hydrogen (secondary N) is 1. The van der Waals surface area contributed by atoms with E-state index in [0.717, 1.165) is 0 Å². The Morgan fingerprint density at radius 2 is 2.08 bits per heavy atom. The molecule has 3 aliphatic rings. The summed E-state index contributed by atoms with van der Waals surface area (Å²) in [6.07, 6.45) is -1.60. The third-order valence-corrected chi connectivity index (χ3v) is 4.55. The van der Waals surface area contributed by atoms with Crippen molar-refractivity contribution in [3.05, 3.63) is 24.0 Å². The lowest BCUT2D eigenvalue weighted by Gasteiger charge is -2.21. The SMILES string of the molecule is NCC1CN(c2ccc(N3CC4NC(=O)OC4C3)c(F)c2)C(=O)O1. The predicted octanol–water partition coefficient (Wildman–Crippen LogP) is 0.407. The Labute approximate surface area is 137 Å². The maximum atomic E-state index is 14.5. The lowest BCUT2D eigenvalue weighted by atomic mass is 10.2. The minimum atomic E-state index is -0.524. The molecule has 2 amide bonds. The number of halogens is 1. The van der Waals surface area contributed by atoms with Crippen molar-refractivity contribution in [2.75, 3.05) is 36.0 Å². The van der Waals surface area contributed by atoms with Crippen molar-refractivity contribution in [3.8, 4) is 0 Å². The van der Waals surface area contributed by atoms with E-state index in [1.807, 2.05) is 4.90 Å². The molecule has 1 aromatic carbocycles. The molecule has 9 heteroatoms. The largest absolute Gasteiger partial charge is 0.443 e. The molecule has 0 radical (unpaired) electrons. The fourth-order valence-electron chi connectivity index (χ4n) is 3.33. The number of hydrogen-bond donors (Lipinski definition) is 2. The van der Waals surface area contributed by atoms with Gasteiger partial charge in [0.15, 0.2) is 0 Å². The average Bonchev–Trinajstić information content (AvgIpc) is 3.19. The molecular weight excluding hydrogens is 319 g/mol. The Hall–Kier alpha value is -2.55. The van der Waals surface area contributed by atoms with E-state index in [9.17, 15) is 14.0 Å². The zero-order valence-corrected chi connectivity index (χ0v) is 12.8. The summed E-state index contributed by atoms with van der Waals surface area (Å²) in [4.78, 5) is 26.2. The number of hydrogen-bond acceptors (Lipinski definition) is 6. The van der Waals surface area contributed by atoms with Crippen molar-refractivity contribution in [2.45, 2.75) is 18.2 Å². The number of alkyl carbamates (subject to hydrolysis) is 1. The summed E-state index contributed by atoms with van der Waals surface area (Å²) in [5, 5.41) is 2.70. The van der Waals surface area contributed by atoms with E-state index < -0.39 is 18.0 Å². The second-order valence-electron chi connectivity index (χ2n) is 6.09. The molecular formula is C15H17FN4O4. The van der Waals surface area contributed by atoms with Crippen molar-refractivity contribution in [1.29, 1.82) is 0 Å². The summed E-state index contributed by atoms with van der Waals surface area (Å²) in [5.41, 5.74) is 6.34. The molecule has 3 unspecified atom stereocenters. The minimum Gasteiger partial charge on any atom is -0.443 e. The van der Waals surface area contributed by atoms with Crippen molar-refractivity contribution < 1.29 is 23.5 Å². The van der Waals surface area contributed by atoms with Crippen LogP contribution in [0.1, 0.15) is 0 Å². The summed E-state index contributed by atoms with van der Waals surface area (Å²) >= 11 is 0. The summed E-state index contributed by atoms with van der Waals surface area (Å²) in [6, 6.07) is 4.47. The van der Waals surface area contributed by atoms with Crippen molar-refractivity contribution in [3.63, 3.8) is 0 Å². The monoisotopic (exact) mass is 336 g/mol. The van der Waals surface area contributed by atoms with Crippen LogP contribution < -0.4 is 20.9 Å². The Balaban J connectivity index is 1.51. The second-order valence-corrected chi connectivity index (χ2v) is 6.09. The smallest absolute Gasteiger partial charge is 0.414 e. The molecule has 3 saturated heterocycles. The van der Waals surface area contributed by atoms with Gasteiger partial charge < -0.3 is 25.4 Å². The highest BCUT2D eigenvalue weighted by molar-refractivity contribution is 5.90. The molecule has 0 bridgehead atoms. The van der Waals surface area contributed by atoms with E-state index in [-0.39, 0.29) is 24.8 Å². The molecule has 8 nitrogen and oxygen atoms in total. The summed E-state index contributed by atoms with van der Waals surface area (Å²) in [6.45, 7) is 1.45. The third kappa shape index (κ3) is 2.41. The Morgan fingerprint density at radius 1 is 1.25 bits per heavy atom. The number of rotatable bonds is 3. The highest BCUT2D eigenvalue weighted by atomic mass is 19.1.